The van der Waals surface area contributed by atoms with E-state index in [1.807, 2.05) is 17.2 Å². The van der Waals surface area contributed by atoms with Crippen LogP contribution in [0, 0.1) is 5.92 Å². The number of carbonyl (C=O) groups is 1. The second-order valence-electron chi connectivity index (χ2n) is 6.34. The maximum atomic E-state index is 13.1. The Morgan fingerprint density at radius 2 is 2.21 bits per heavy atom. The van der Waals surface area contributed by atoms with Gasteiger partial charge >= 0.3 is 0 Å². The minimum Gasteiger partial charge on any atom is -0.381 e. The summed E-state index contributed by atoms with van der Waals surface area (Å²) in [6, 6.07) is 2.11. The van der Waals surface area contributed by atoms with Crippen LogP contribution in [0.1, 0.15) is 22.5 Å². The highest BCUT2D eigenvalue weighted by molar-refractivity contribution is 9.10. The Labute approximate surface area is 153 Å². The van der Waals surface area contributed by atoms with Crippen LogP contribution in [0.25, 0.3) is 10.1 Å². The highest BCUT2D eigenvalue weighted by Crippen LogP contribution is 2.32. The lowest BCUT2D eigenvalue weighted by molar-refractivity contribution is -0.00886. The van der Waals surface area contributed by atoms with Gasteiger partial charge in [-0.05, 0) is 40.8 Å². The quantitative estimate of drug-likeness (QED) is 0.778. The first-order valence-corrected chi connectivity index (χ1v) is 9.83. The first kappa shape index (κ1) is 16.4. The first-order chi connectivity index (χ1) is 11.7. The first-order valence-electron chi connectivity index (χ1n) is 8.22. The number of aromatic nitrogens is 1. The molecule has 2 fully saturated rings. The van der Waals surface area contributed by atoms with Crippen molar-refractivity contribution in [1.82, 2.24) is 9.88 Å². The molecule has 0 aliphatic carbocycles. The van der Waals surface area contributed by atoms with Gasteiger partial charge in [-0.25, -0.2) is 0 Å². The number of nitrogens with zero attached hydrogens (tertiary/aromatic N) is 2. The summed E-state index contributed by atoms with van der Waals surface area (Å²) in [7, 11) is 0. The van der Waals surface area contributed by atoms with Gasteiger partial charge in [-0.15, -0.1) is 11.3 Å². The van der Waals surface area contributed by atoms with Gasteiger partial charge in [0.05, 0.1) is 28.8 Å². The van der Waals surface area contributed by atoms with Crippen molar-refractivity contribution in [1.29, 1.82) is 0 Å². The Morgan fingerprint density at radius 3 is 3.00 bits per heavy atom. The number of halogens is 1. The summed E-state index contributed by atoms with van der Waals surface area (Å²) in [5.74, 6) is 0.642. The number of morpholine rings is 1. The predicted octanol–water partition coefficient (Wildman–Crippen LogP) is 3.33. The molecule has 2 aromatic rings. The third-order valence-electron chi connectivity index (χ3n) is 4.73. The monoisotopic (exact) mass is 410 g/mol. The van der Waals surface area contributed by atoms with Crippen molar-refractivity contribution in [3.05, 3.63) is 27.8 Å². The van der Waals surface area contributed by atoms with E-state index < -0.39 is 0 Å². The van der Waals surface area contributed by atoms with Gasteiger partial charge in [0.15, 0.2) is 0 Å². The normalized spacial score (nSPS) is 24.6. The summed E-state index contributed by atoms with van der Waals surface area (Å²) in [4.78, 5) is 20.0. The Morgan fingerprint density at radius 1 is 1.33 bits per heavy atom. The van der Waals surface area contributed by atoms with Crippen molar-refractivity contribution in [3.8, 4) is 0 Å². The van der Waals surface area contributed by atoms with Gasteiger partial charge in [-0.2, -0.15) is 0 Å². The van der Waals surface area contributed by atoms with E-state index in [2.05, 4.69) is 20.9 Å². The van der Waals surface area contributed by atoms with E-state index in [1.165, 1.54) is 11.3 Å². The second-order valence-corrected chi connectivity index (χ2v) is 8.27. The number of hydrogen-bond acceptors (Lipinski definition) is 5. The fraction of sp³-hybridized carbons (Fsp3) is 0.529. The van der Waals surface area contributed by atoms with Gasteiger partial charge in [0.2, 0.25) is 0 Å². The van der Waals surface area contributed by atoms with E-state index in [1.54, 1.807) is 6.20 Å². The van der Waals surface area contributed by atoms with Crippen LogP contribution in [0.5, 0.6) is 0 Å². The molecule has 24 heavy (non-hydrogen) atoms. The molecular weight excluding hydrogens is 392 g/mol. The SMILES string of the molecule is O=C(c1cc2c(Br)cncc2s1)N1CCOCC1CC1CCOC1. The molecular formula is C17H19BrN2O3S. The van der Waals surface area contributed by atoms with Crippen molar-refractivity contribution in [2.75, 3.05) is 33.0 Å². The number of amides is 1. The summed E-state index contributed by atoms with van der Waals surface area (Å²) >= 11 is 5.02. The smallest absolute Gasteiger partial charge is 0.264 e. The van der Waals surface area contributed by atoms with E-state index in [9.17, 15) is 4.79 Å². The summed E-state index contributed by atoms with van der Waals surface area (Å²) in [6.45, 7) is 3.53. The molecule has 0 saturated carbocycles. The maximum Gasteiger partial charge on any atom is 0.264 e. The summed E-state index contributed by atoms with van der Waals surface area (Å²) < 4.78 is 13.1. The third-order valence-corrected chi connectivity index (χ3v) is 6.42. The maximum absolute atomic E-state index is 13.1. The average molecular weight is 411 g/mol. The minimum absolute atomic E-state index is 0.107. The topological polar surface area (TPSA) is 51.7 Å². The number of fused-ring (bicyclic) bond motifs is 1. The Hall–Kier alpha value is -1.02. The van der Waals surface area contributed by atoms with E-state index in [0.717, 1.165) is 45.5 Å². The van der Waals surface area contributed by atoms with Crippen LogP contribution in [0.3, 0.4) is 0 Å². The fourth-order valence-electron chi connectivity index (χ4n) is 3.45. The van der Waals surface area contributed by atoms with E-state index >= 15 is 0 Å². The Kier molecular flexibility index (Phi) is 4.85. The van der Waals surface area contributed by atoms with Crippen LogP contribution in [-0.2, 0) is 9.47 Å². The lowest BCUT2D eigenvalue weighted by Gasteiger charge is -2.36. The van der Waals surface area contributed by atoms with Crippen LogP contribution in [0.2, 0.25) is 0 Å². The predicted molar refractivity (Wildman–Crippen MR) is 96.5 cm³/mol. The van der Waals surface area contributed by atoms with E-state index in [4.69, 9.17) is 9.47 Å². The van der Waals surface area contributed by atoms with Crippen LogP contribution in [0.4, 0.5) is 0 Å². The van der Waals surface area contributed by atoms with Gasteiger partial charge in [-0.1, -0.05) is 0 Å². The largest absolute Gasteiger partial charge is 0.381 e. The molecule has 1 amide bonds. The molecule has 0 N–H and O–H groups in total. The van der Waals surface area contributed by atoms with E-state index in [-0.39, 0.29) is 11.9 Å². The van der Waals surface area contributed by atoms with Crippen LogP contribution < -0.4 is 0 Å². The molecule has 0 spiro atoms. The molecule has 4 heterocycles. The fourth-order valence-corrected chi connectivity index (χ4v) is 5.03. The molecule has 0 radical (unpaired) electrons. The van der Waals surface area contributed by atoms with Crippen LogP contribution in [0.15, 0.2) is 22.9 Å². The molecule has 2 aliphatic rings. The molecule has 128 valence electrons. The number of ether oxygens (including phenoxy) is 2. The standard InChI is InChI=1S/C17H19BrN2O3S/c18-14-7-19-8-16-13(14)6-15(24-16)17(21)20-2-4-23-10-12(20)5-11-1-3-22-9-11/h6-8,11-12H,1-5,9-10H2. The summed E-state index contributed by atoms with van der Waals surface area (Å²) in [6.07, 6.45) is 5.62. The molecule has 2 saturated heterocycles. The lowest BCUT2D eigenvalue weighted by atomic mass is 9.97. The van der Waals surface area contributed by atoms with Crippen molar-refractivity contribution >= 4 is 43.3 Å². The Bertz CT molecular complexity index is 745. The van der Waals surface area contributed by atoms with Gasteiger partial charge in [0.1, 0.15) is 0 Å². The van der Waals surface area contributed by atoms with Crippen LogP contribution in [-0.4, -0.2) is 54.8 Å². The summed E-state index contributed by atoms with van der Waals surface area (Å²) in [5.41, 5.74) is 0. The van der Waals surface area contributed by atoms with Crippen molar-refractivity contribution in [3.63, 3.8) is 0 Å². The number of thiophene rings is 1. The number of hydrogen-bond donors (Lipinski definition) is 0. The molecule has 2 unspecified atom stereocenters. The van der Waals surface area contributed by atoms with Gasteiger partial charge in [0.25, 0.3) is 5.91 Å². The lowest BCUT2D eigenvalue weighted by Crippen LogP contribution is -2.49. The van der Waals surface area contributed by atoms with Crippen molar-refractivity contribution in [2.24, 2.45) is 5.92 Å². The molecule has 2 atom stereocenters. The highest BCUT2D eigenvalue weighted by Gasteiger charge is 2.32. The average Bonchev–Trinajstić information content (AvgIpc) is 3.25. The zero-order valence-electron chi connectivity index (χ0n) is 13.2. The number of rotatable bonds is 3. The molecule has 7 heteroatoms. The molecule has 5 nitrogen and oxygen atoms in total. The number of pyridine rings is 1. The molecule has 2 aliphatic heterocycles. The molecule has 0 bridgehead atoms. The number of carbonyl (C=O) groups excluding carboxylic acids is 1. The zero-order chi connectivity index (χ0) is 16.5. The summed E-state index contributed by atoms with van der Waals surface area (Å²) in [5, 5.41) is 1.05. The third kappa shape index (κ3) is 3.22. The van der Waals surface area contributed by atoms with E-state index in [0.29, 0.717) is 25.7 Å². The van der Waals surface area contributed by atoms with Gasteiger partial charge in [-0.3, -0.25) is 9.78 Å². The molecule has 4 rings (SSSR count). The second kappa shape index (κ2) is 7.07. The van der Waals surface area contributed by atoms with Crippen LogP contribution >= 0.6 is 27.3 Å². The molecule has 0 aromatic carbocycles. The highest BCUT2D eigenvalue weighted by atomic mass is 79.9. The molecule has 2 aromatic heterocycles. The zero-order valence-corrected chi connectivity index (χ0v) is 15.6. The Balaban J connectivity index is 1.56. The van der Waals surface area contributed by atoms with Gasteiger partial charge in [0, 0.05) is 42.0 Å². The van der Waals surface area contributed by atoms with Gasteiger partial charge < -0.3 is 14.4 Å². The minimum atomic E-state index is 0.107. The van der Waals surface area contributed by atoms with Crippen molar-refractivity contribution in [2.45, 2.75) is 18.9 Å². The van der Waals surface area contributed by atoms with Crippen molar-refractivity contribution < 1.29 is 14.3 Å².